The van der Waals surface area contributed by atoms with Crippen molar-refractivity contribution in [1.82, 2.24) is 9.97 Å². The van der Waals surface area contributed by atoms with Crippen LogP contribution in [-0.2, 0) is 0 Å². The van der Waals surface area contributed by atoms with Crippen LogP contribution >= 0.6 is 0 Å². The van der Waals surface area contributed by atoms with Gasteiger partial charge >= 0.3 is 0 Å². The van der Waals surface area contributed by atoms with E-state index in [1.54, 1.807) is 15.7 Å². The molecule has 0 aliphatic heterocycles. The van der Waals surface area contributed by atoms with Gasteiger partial charge in [0.1, 0.15) is 12.1 Å². The van der Waals surface area contributed by atoms with Crippen molar-refractivity contribution in [1.29, 1.82) is 10.5 Å². The second-order valence-electron chi connectivity index (χ2n) is 2.32. The molecule has 1 aromatic rings. The van der Waals surface area contributed by atoms with Gasteiger partial charge in [-0.15, -0.1) is 0 Å². The summed E-state index contributed by atoms with van der Waals surface area (Å²) in [5, 5.41) is 17.1. The van der Waals surface area contributed by atoms with Crippen molar-refractivity contribution in [2.24, 2.45) is 0 Å². The van der Waals surface area contributed by atoms with Gasteiger partial charge in [-0.1, -0.05) is 0 Å². The van der Waals surface area contributed by atoms with Crippen molar-refractivity contribution in [3.05, 3.63) is 11.4 Å². The molecular weight excluding hydrogens is 150 g/mol. The van der Waals surface area contributed by atoms with Crippen LogP contribution in [0.5, 0.6) is 0 Å². The van der Waals surface area contributed by atoms with E-state index in [0.717, 1.165) is 0 Å². The molecule has 0 spiro atoms. The van der Waals surface area contributed by atoms with E-state index in [9.17, 15) is 0 Å². The van der Waals surface area contributed by atoms with Gasteiger partial charge in [0, 0.05) is 11.2 Å². The molecule has 6 heteroatoms. The summed E-state index contributed by atoms with van der Waals surface area (Å²) in [5.41, 5.74) is 1.57. The van der Waals surface area contributed by atoms with E-state index in [0.29, 0.717) is 11.2 Å². The Morgan fingerprint density at radius 2 is 1.25 bits per heavy atom. The molecule has 0 atom stereocenters. The van der Waals surface area contributed by atoms with Crippen molar-refractivity contribution < 1.29 is 0 Å². The van der Waals surface area contributed by atoms with Crippen LogP contribution < -0.4 is 11.2 Å². The molecule has 0 saturated carbocycles. The van der Waals surface area contributed by atoms with Crippen LogP contribution in [0.25, 0.3) is 0 Å². The first kappa shape index (κ1) is 8.29. The first-order valence-electron chi connectivity index (χ1n) is 3.34. The monoisotopic (exact) mass is 154 g/mol. The summed E-state index contributed by atoms with van der Waals surface area (Å²) >= 11 is 0. The maximum atomic E-state index is 8.57. The highest BCUT2D eigenvalue weighted by atomic mass is 14.8. The predicted molar refractivity (Wildman–Crippen MR) is 47.8 cm³/mol. The number of nitriles is 2. The Kier molecular flexibility index (Phi) is 2.11. The standard InChI is InChI=1S/C6H4B2N4/c7-5-3(1-9)11-6(8)4(2-10)12-5/h7-8H2. The molecule has 0 amide bonds. The fourth-order valence-electron chi connectivity index (χ4n) is 0.815. The van der Waals surface area contributed by atoms with Crippen molar-refractivity contribution in [2.75, 3.05) is 0 Å². The summed E-state index contributed by atoms with van der Waals surface area (Å²) in [6.07, 6.45) is 0. The molecule has 0 unspecified atom stereocenters. The predicted octanol–water partition coefficient (Wildman–Crippen LogP) is -3.26. The zero-order valence-corrected chi connectivity index (χ0v) is 6.79. The molecule has 1 heterocycles. The van der Waals surface area contributed by atoms with Gasteiger partial charge in [-0.05, 0) is 0 Å². The van der Waals surface area contributed by atoms with E-state index in [4.69, 9.17) is 10.5 Å². The largest absolute Gasteiger partial charge is 0.249 e. The molecule has 0 aromatic carbocycles. The zero-order valence-electron chi connectivity index (χ0n) is 6.79. The van der Waals surface area contributed by atoms with Crippen LogP contribution in [-0.4, -0.2) is 25.7 Å². The van der Waals surface area contributed by atoms with Crippen LogP contribution in [0.2, 0.25) is 0 Å². The van der Waals surface area contributed by atoms with Gasteiger partial charge in [-0.25, -0.2) is 9.97 Å². The van der Waals surface area contributed by atoms with Gasteiger partial charge in [0.2, 0.25) is 0 Å². The minimum Gasteiger partial charge on any atom is -0.249 e. The first-order valence-corrected chi connectivity index (χ1v) is 3.34. The lowest BCUT2D eigenvalue weighted by molar-refractivity contribution is 1.21. The Labute approximate surface area is 71.7 Å². The van der Waals surface area contributed by atoms with Crippen LogP contribution in [0.15, 0.2) is 0 Å². The molecular formula is C6H4B2N4. The van der Waals surface area contributed by atoms with Crippen LogP contribution in [0.1, 0.15) is 11.4 Å². The maximum absolute atomic E-state index is 8.57. The van der Waals surface area contributed by atoms with Crippen molar-refractivity contribution in [3.63, 3.8) is 0 Å². The Bertz CT molecular complexity index is 361. The van der Waals surface area contributed by atoms with Crippen molar-refractivity contribution in [3.8, 4) is 12.1 Å². The SMILES string of the molecule is Bc1nc(C#N)c(B)nc1C#N. The number of hydrogen-bond donors (Lipinski definition) is 0. The Morgan fingerprint density at radius 3 is 1.50 bits per heavy atom. The second kappa shape index (κ2) is 3.06. The quantitative estimate of drug-likeness (QED) is 0.367. The van der Waals surface area contributed by atoms with Crippen molar-refractivity contribution in [2.45, 2.75) is 0 Å². The number of hydrogen-bond acceptors (Lipinski definition) is 4. The topological polar surface area (TPSA) is 73.4 Å². The minimum atomic E-state index is 0.284. The van der Waals surface area contributed by atoms with E-state index < -0.39 is 0 Å². The summed E-state index contributed by atoms with van der Waals surface area (Å²) < 4.78 is 0. The third-order valence-electron chi connectivity index (χ3n) is 1.46. The lowest BCUT2D eigenvalue weighted by atomic mass is 9.97. The molecule has 0 saturated heterocycles. The molecule has 0 fully saturated rings. The third-order valence-corrected chi connectivity index (χ3v) is 1.46. The van der Waals surface area contributed by atoms with Gasteiger partial charge in [-0.3, -0.25) is 0 Å². The molecule has 0 N–H and O–H groups in total. The van der Waals surface area contributed by atoms with E-state index in [-0.39, 0.29) is 11.4 Å². The molecule has 12 heavy (non-hydrogen) atoms. The zero-order chi connectivity index (χ0) is 9.14. The van der Waals surface area contributed by atoms with Gasteiger partial charge in [0.05, 0.1) is 0 Å². The minimum absolute atomic E-state index is 0.284. The van der Waals surface area contributed by atoms with Gasteiger partial charge < -0.3 is 0 Å². The fraction of sp³-hybridized carbons (Fsp3) is 0. The van der Waals surface area contributed by atoms with Gasteiger partial charge in [0.25, 0.3) is 0 Å². The summed E-state index contributed by atoms with van der Waals surface area (Å²) in [5.74, 6) is 0. The fourth-order valence-corrected chi connectivity index (χ4v) is 0.815. The van der Waals surface area contributed by atoms with E-state index in [1.807, 2.05) is 12.1 Å². The Morgan fingerprint density at radius 1 is 0.917 bits per heavy atom. The van der Waals surface area contributed by atoms with E-state index in [2.05, 4.69) is 9.97 Å². The number of nitrogens with zero attached hydrogens (tertiary/aromatic N) is 4. The lowest BCUT2D eigenvalue weighted by Gasteiger charge is -1.98. The average molecular weight is 154 g/mol. The van der Waals surface area contributed by atoms with Crippen LogP contribution in [0, 0.1) is 22.7 Å². The highest BCUT2D eigenvalue weighted by molar-refractivity contribution is 6.34. The molecule has 0 aliphatic carbocycles. The van der Waals surface area contributed by atoms with Crippen LogP contribution in [0.3, 0.4) is 0 Å². The number of rotatable bonds is 0. The highest BCUT2D eigenvalue weighted by Crippen LogP contribution is 1.84. The summed E-state index contributed by atoms with van der Waals surface area (Å²) in [6.45, 7) is 0. The molecule has 0 bridgehead atoms. The smallest absolute Gasteiger partial charge is 0.167 e. The second-order valence-corrected chi connectivity index (χ2v) is 2.32. The normalized spacial score (nSPS) is 8.50. The first-order chi connectivity index (χ1) is 5.69. The van der Waals surface area contributed by atoms with Gasteiger partial charge in [0.15, 0.2) is 27.1 Å². The van der Waals surface area contributed by atoms with E-state index in [1.165, 1.54) is 0 Å². The van der Waals surface area contributed by atoms with Gasteiger partial charge in [-0.2, -0.15) is 10.5 Å². The number of aromatic nitrogens is 2. The van der Waals surface area contributed by atoms with E-state index >= 15 is 0 Å². The molecule has 1 aromatic heterocycles. The lowest BCUT2D eigenvalue weighted by Crippen LogP contribution is -2.26. The van der Waals surface area contributed by atoms with Crippen LogP contribution in [0.4, 0.5) is 0 Å². The van der Waals surface area contributed by atoms with Crippen molar-refractivity contribution >= 4 is 26.9 Å². The average Bonchev–Trinajstić information content (AvgIpc) is 2.08. The summed E-state index contributed by atoms with van der Waals surface area (Å²) in [7, 11) is 3.32. The Hall–Kier alpha value is -1.81. The summed E-state index contributed by atoms with van der Waals surface area (Å²) in [4.78, 5) is 7.83. The molecule has 0 aliphatic rings. The Balaban J connectivity index is 3.41. The third kappa shape index (κ3) is 1.28. The maximum Gasteiger partial charge on any atom is 0.167 e. The highest BCUT2D eigenvalue weighted by Gasteiger charge is 2.05. The molecule has 1 rings (SSSR count). The molecule has 0 radical (unpaired) electrons. The molecule has 54 valence electrons. The summed E-state index contributed by atoms with van der Waals surface area (Å²) in [6, 6.07) is 3.81. The molecule has 4 nitrogen and oxygen atoms in total.